The zero-order valence-corrected chi connectivity index (χ0v) is 16.2. The van der Waals surface area contributed by atoms with Crippen LogP contribution in [0, 0.1) is 25.6 Å². The van der Waals surface area contributed by atoms with Crippen molar-refractivity contribution in [2.24, 2.45) is 5.92 Å². The molecule has 0 saturated carbocycles. The minimum Gasteiger partial charge on any atom is -0.464 e. The third-order valence-corrected chi connectivity index (χ3v) is 4.82. The summed E-state index contributed by atoms with van der Waals surface area (Å²) < 4.78 is 25.3. The van der Waals surface area contributed by atoms with Crippen LogP contribution in [0.2, 0.25) is 0 Å². The lowest BCUT2D eigenvalue weighted by atomic mass is 10.0. The summed E-state index contributed by atoms with van der Waals surface area (Å²) in [6, 6.07) is 4.92. The summed E-state index contributed by atoms with van der Waals surface area (Å²) in [5, 5.41) is 7.30. The number of benzene rings is 1. The first-order valence-electron chi connectivity index (χ1n) is 9.29. The molecule has 7 nitrogen and oxygen atoms in total. The molecular formula is C20H24FN3O4. The summed E-state index contributed by atoms with van der Waals surface area (Å²) in [6.07, 6.45) is 0.619. The number of nitrogens with one attached hydrogen (secondary N) is 1. The number of hydrogen-bond donors (Lipinski definition) is 1. The smallest absolute Gasteiger partial charge is 0.333 e. The van der Waals surface area contributed by atoms with Crippen LogP contribution in [0.4, 0.5) is 4.39 Å². The number of rotatable bonds is 6. The molecule has 0 bridgehead atoms. The van der Waals surface area contributed by atoms with Crippen LogP contribution in [0.15, 0.2) is 24.3 Å². The van der Waals surface area contributed by atoms with E-state index < -0.39 is 12.0 Å². The number of halogens is 1. The largest absolute Gasteiger partial charge is 0.464 e. The Kier molecular flexibility index (Phi) is 6.08. The highest BCUT2D eigenvalue weighted by Gasteiger charge is 2.33. The van der Waals surface area contributed by atoms with E-state index in [1.165, 1.54) is 12.1 Å². The highest BCUT2D eigenvalue weighted by atomic mass is 19.1. The molecule has 0 spiro atoms. The Morgan fingerprint density at radius 3 is 2.68 bits per heavy atom. The highest BCUT2D eigenvalue weighted by molar-refractivity contribution is 5.87. The normalized spacial score (nSPS) is 17.4. The average Bonchev–Trinajstić information content (AvgIpc) is 3.30. The molecule has 0 radical (unpaired) electrons. The predicted molar refractivity (Wildman–Crippen MR) is 99.4 cm³/mol. The Morgan fingerprint density at radius 2 is 2.07 bits per heavy atom. The molecule has 2 atom stereocenters. The summed E-state index contributed by atoms with van der Waals surface area (Å²) in [4.78, 5) is 25.2. The second-order valence-electron chi connectivity index (χ2n) is 6.73. The van der Waals surface area contributed by atoms with E-state index in [9.17, 15) is 14.0 Å². The van der Waals surface area contributed by atoms with Gasteiger partial charge in [-0.25, -0.2) is 13.9 Å². The quantitative estimate of drug-likeness (QED) is 0.767. The molecule has 8 heteroatoms. The van der Waals surface area contributed by atoms with Crippen LogP contribution in [0.1, 0.15) is 36.3 Å². The number of aromatic nitrogens is 2. The molecule has 2 unspecified atom stereocenters. The van der Waals surface area contributed by atoms with E-state index in [4.69, 9.17) is 9.47 Å². The molecule has 2 heterocycles. The molecular weight excluding hydrogens is 365 g/mol. The maximum absolute atomic E-state index is 13.2. The Labute approximate surface area is 162 Å². The third kappa shape index (κ3) is 4.06. The molecule has 150 valence electrons. The van der Waals surface area contributed by atoms with Gasteiger partial charge in [0.25, 0.3) is 0 Å². The molecule has 2 aromatic rings. The first-order valence-corrected chi connectivity index (χ1v) is 9.29. The molecule has 1 aromatic heterocycles. The lowest BCUT2D eigenvalue weighted by molar-refractivity contribution is -0.148. The van der Waals surface area contributed by atoms with Crippen LogP contribution in [-0.4, -0.2) is 41.5 Å². The van der Waals surface area contributed by atoms with Gasteiger partial charge < -0.3 is 14.8 Å². The van der Waals surface area contributed by atoms with Gasteiger partial charge in [0.05, 0.1) is 30.5 Å². The lowest BCUT2D eigenvalue weighted by Gasteiger charge is -2.20. The lowest BCUT2D eigenvalue weighted by Crippen LogP contribution is -2.39. The Morgan fingerprint density at radius 1 is 1.36 bits per heavy atom. The van der Waals surface area contributed by atoms with E-state index in [2.05, 4.69) is 10.4 Å². The number of hydrogen-bond acceptors (Lipinski definition) is 5. The van der Waals surface area contributed by atoms with Gasteiger partial charge in [-0.3, -0.25) is 4.79 Å². The maximum atomic E-state index is 13.2. The fourth-order valence-electron chi connectivity index (χ4n) is 3.38. The van der Waals surface area contributed by atoms with Crippen LogP contribution in [0.25, 0.3) is 5.69 Å². The molecule has 1 N–H and O–H groups in total. The van der Waals surface area contributed by atoms with Crippen molar-refractivity contribution in [3.05, 3.63) is 47.0 Å². The topological polar surface area (TPSA) is 82.4 Å². The molecule has 1 aromatic carbocycles. The number of aryl methyl sites for hydroxylation is 1. The zero-order valence-electron chi connectivity index (χ0n) is 16.2. The number of nitrogens with zero attached hydrogens (tertiary/aromatic N) is 2. The van der Waals surface area contributed by atoms with Gasteiger partial charge in [-0.2, -0.15) is 5.10 Å². The van der Waals surface area contributed by atoms with Gasteiger partial charge in [0.1, 0.15) is 5.82 Å². The molecule has 3 rings (SSSR count). The van der Waals surface area contributed by atoms with E-state index in [0.717, 1.165) is 0 Å². The highest BCUT2D eigenvalue weighted by Crippen LogP contribution is 2.26. The molecule has 1 aliphatic rings. The van der Waals surface area contributed by atoms with E-state index >= 15 is 0 Å². The molecule has 1 saturated heterocycles. The molecule has 1 amide bonds. The summed E-state index contributed by atoms with van der Waals surface area (Å²) in [5.74, 6) is -1.42. The van der Waals surface area contributed by atoms with Crippen LogP contribution in [0.5, 0.6) is 0 Å². The Bertz CT molecular complexity index is 857. The number of amides is 1. The zero-order chi connectivity index (χ0) is 20.3. The molecule has 1 aliphatic heterocycles. The van der Waals surface area contributed by atoms with E-state index in [-0.39, 0.29) is 24.2 Å². The molecule has 0 aliphatic carbocycles. The van der Waals surface area contributed by atoms with E-state index in [1.807, 2.05) is 0 Å². The van der Waals surface area contributed by atoms with Gasteiger partial charge in [0.15, 0.2) is 6.04 Å². The second kappa shape index (κ2) is 8.52. The summed E-state index contributed by atoms with van der Waals surface area (Å²) >= 11 is 0. The maximum Gasteiger partial charge on any atom is 0.333 e. The summed E-state index contributed by atoms with van der Waals surface area (Å²) in [7, 11) is 0. The van der Waals surface area contributed by atoms with Crippen molar-refractivity contribution in [3.63, 3.8) is 0 Å². The van der Waals surface area contributed by atoms with Crippen molar-refractivity contribution < 1.29 is 23.5 Å². The minimum absolute atomic E-state index is 0.196. The van der Waals surface area contributed by atoms with Gasteiger partial charge in [0, 0.05) is 17.9 Å². The predicted octanol–water partition coefficient (Wildman–Crippen LogP) is 2.39. The van der Waals surface area contributed by atoms with Crippen molar-refractivity contribution in [1.82, 2.24) is 15.1 Å². The second-order valence-corrected chi connectivity index (χ2v) is 6.73. The van der Waals surface area contributed by atoms with Crippen molar-refractivity contribution in [2.75, 3.05) is 19.8 Å². The average molecular weight is 389 g/mol. The molecule has 28 heavy (non-hydrogen) atoms. The standard InChI is InChI=1S/C20H24FN3O4/c1-4-28-20(26)18(22-19(25)14-9-10-27-11-14)17-12(2)23-24(13(17)3)16-7-5-15(21)6-8-16/h5-8,14,18H,4,9-11H2,1-3H3,(H,22,25). The monoisotopic (exact) mass is 389 g/mol. The van der Waals surface area contributed by atoms with E-state index in [1.54, 1.807) is 37.6 Å². The number of carbonyl (C=O) groups excluding carboxylic acids is 2. The third-order valence-electron chi connectivity index (χ3n) is 4.82. The first-order chi connectivity index (χ1) is 13.4. The van der Waals surface area contributed by atoms with Crippen LogP contribution in [-0.2, 0) is 19.1 Å². The number of ether oxygens (including phenoxy) is 2. The fourth-order valence-corrected chi connectivity index (χ4v) is 3.38. The van der Waals surface area contributed by atoms with Crippen molar-refractivity contribution in [1.29, 1.82) is 0 Å². The van der Waals surface area contributed by atoms with E-state index in [0.29, 0.717) is 42.3 Å². The Hall–Kier alpha value is -2.74. The number of carbonyl (C=O) groups is 2. The Balaban J connectivity index is 1.96. The molecule has 1 fully saturated rings. The summed E-state index contributed by atoms with van der Waals surface area (Å²) in [5.41, 5.74) is 2.49. The van der Waals surface area contributed by atoms with Gasteiger partial charge in [0.2, 0.25) is 5.91 Å². The van der Waals surface area contributed by atoms with Gasteiger partial charge in [-0.1, -0.05) is 0 Å². The van der Waals surface area contributed by atoms with Gasteiger partial charge in [-0.05, 0) is 51.5 Å². The minimum atomic E-state index is -0.970. The van der Waals surface area contributed by atoms with Crippen molar-refractivity contribution in [3.8, 4) is 5.69 Å². The summed E-state index contributed by atoms with van der Waals surface area (Å²) in [6.45, 7) is 6.34. The van der Waals surface area contributed by atoms with Crippen LogP contribution >= 0.6 is 0 Å². The van der Waals surface area contributed by atoms with Crippen LogP contribution in [0.3, 0.4) is 0 Å². The SMILES string of the molecule is CCOC(=O)C(NC(=O)C1CCOC1)c1c(C)nn(-c2ccc(F)cc2)c1C. The number of esters is 1. The van der Waals surface area contributed by atoms with Crippen molar-refractivity contribution >= 4 is 11.9 Å². The van der Waals surface area contributed by atoms with Gasteiger partial charge in [-0.15, -0.1) is 0 Å². The fraction of sp³-hybridized carbons (Fsp3) is 0.450. The van der Waals surface area contributed by atoms with Crippen molar-refractivity contribution in [2.45, 2.75) is 33.2 Å². The first kappa shape index (κ1) is 20.0. The van der Waals surface area contributed by atoms with Crippen LogP contribution < -0.4 is 5.32 Å². The van der Waals surface area contributed by atoms with Gasteiger partial charge >= 0.3 is 5.97 Å².